The number of nitrogens with one attached hydrogen (secondary N) is 1. The van der Waals surface area contributed by atoms with Crippen molar-refractivity contribution in [3.63, 3.8) is 0 Å². The van der Waals surface area contributed by atoms with Crippen LogP contribution in [0.5, 0.6) is 0 Å². The summed E-state index contributed by atoms with van der Waals surface area (Å²) in [7, 11) is -3.63. The van der Waals surface area contributed by atoms with Crippen molar-refractivity contribution in [2.45, 2.75) is 50.6 Å². The molecule has 1 unspecified atom stereocenters. The summed E-state index contributed by atoms with van der Waals surface area (Å²) in [5.74, 6) is -0.412. The first kappa shape index (κ1) is 23.5. The Hall–Kier alpha value is -2.70. The van der Waals surface area contributed by atoms with E-state index in [0.29, 0.717) is 17.1 Å². The first-order valence-electron chi connectivity index (χ1n) is 10.4. The third kappa shape index (κ3) is 4.68. The van der Waals surface area contributed by atoms with Gasteiger partial charge in [0.15, 0.2) is 11.0 Å². The molecule has 3 heterocycles. The minimum absolute atomic E-state index is 0.0604. The number of hydrogen-bond acceptors (Lipinski definition) is 6. The fourth-order valence-corrected chi connectivity index (χ4v) is 6.48. The van der Waals surface area contributed by atoms with Gasteiger partial charge in [-0.1, -0.05) is 17.8 Å². The van der Waals surface area contributed by atoms with Gasteiger partial charge in [0.2, 0.25) is 10.0 Å². The summed E-state index contributed by atoms with van der Waals surface area (Å²) in [6.07, 6.45) is 5.12. The van der Waals surface area contributed by atoms with Gasteiger partial charge in [0.1, 0.15) is 0 Å². The molecule has 0 bridgehead atoms. The number of piperidine rings is 1. The number of aryl methyl sites for hydroxylation is 1. The van der Waals surface area contributed by atoms with Crippen molar-refractivity contribution >= 4 is 32.4 Å². The van der Waals surface area contributed by atoms with E-state index in [2.05, 4.69) is 15.3 Å². The summed E-state index contributed by atoms with van der Waals surface area (Å²) in [6.45, 7) is 1.29. The molecule has 33 heavy (non-hydrogen) atoms. The van der Waals surface area contributed by atoms with Crippen LogP contribution in [0.15, 0.2) is 41.6 Å². The molecule has 176 valence electrons. The predicted octanol–water partition coefficient (Wildman–Crippen LogP) is 4.53. The van der Waals surface area contributed by atoms with Crippen LogP contribution >= 0.6 is 11.3 Å². The molecule has 1 fully saturated rings. The number of sulfonamides is 1. The van der Waals surface area contributed by atoms with Crippen molar-refractivity contribution in [3.05, 3.63) is 47.9 Å². The van der Waals surface area contributed by atoms with Crippen LogP contribution in [0.4, 0.5) is 13.9 Å². The molecule has 8 nitrogen and oxygen atoms in total. The Morgan fingerprint density at radius 1 is 1.24 bits per heavy atom. The average Bonchev–Trinajstić information content (AvgIpc) is 3.40. The predicted molar refractivity (Wildman–Crippen MR) is 121 cm³/mol. The number of aromatic nitrogens is 3. The van der Waals surface area contributed by atoms with Crippen molar-refractivity contribution in [2.75, 3.05) is 11.9 Å². The zero-order chi connectivity index (χ0) is 23.8. The second kappa shape index (κ2) is 9.27. The summed E-state index contributed by atoms with van der Waals surface area (Å²) in [4.78, 5) is 21.4. The average molecular weight is 496 g/mol. The molecule has 1 N–H and O–H groups in total. The van der Waals surface area contributed by atoms with Crippen LogP contribution in [-0.2, 0) is 10.0 Å². The Morgan fingerprint density at radius 3 is 2.64 bits per heavy atom. The van der Waals surface area contributed by atoms with Crippen LogP contribution in [0.1, 0.15) is 48.8 Å². The van der Waals surface area contributed by atoms with E-state index in [1.165, 1.54) is 41.0 Å². The van der Waals surface area contributed by atoms with Gasteiger partial charge in [0, 0.05) is 30.5 Å². The lowest BCUT2D eigenvalue weighted by Crippen LogP contribution is -2.41. The number of imidazole rings is 1. The standard InChI is InChI=1S/C21H23F2N5O3S2/c1-13-5-3-4-11-28(13)33(30,31)16-8-6-15(7-9-16)19(29)26-21-25-14(2)17(32-21)18-24-10-12-27(18)20(22)23/h6-10,12-13,20H,3-5,11H2,1-2H3,(H,25,26,29). The fourth-order valence-electron chi connectivity index (χ4n) is 3.82. The van der Waals surface area contributed by atoms with Crippen molar-refractivity contribution in [1.29, 1.82) is 0 Å². The molecular formula is C21H23F2N5O3S2. The van der Waals surface area contributed by atoms with Gasteiger partial charge in [-0.15, -0.1) is 0 Å². The number of halogens is 2. The number of carbonyl (C=O) groups is 1. The third-order valence-electron chi connectivity index (χ3n) is 5.56. The molecule has 1 aliphatic rings. The van der Waals surface area contributed by atoms with E-state index in [-0.39, 0.29) is 27.5 Å². The van der Waals surface area contributed by atoms with Gasteiger partial charge in [0.25, 0.3) is 5.91 Å². The van der Waals surface area contributed by atoms with Crippen LogP contribution in [-0.4, -0.2) is 45.8 Å². The lowest BCUT2D eigenvalue weighted by atomic mass is 10.1. The van der Waals surface area contributed by atoms with Crippen LogP contribution < -0.4 is 5.32 Å². The molecule has 1 aliphatic heterocycles. The molecular weight excluding hydrogens is 472 g/mol. The topological polar surface area (TPSA) is 97.2 Å². The maximum absolute atomic E-state index is 13.2. The summed E-state index contributed by atoms with van der Waals surface area (Å²) < 4.78 is 54.5. The first-order valence-corrected chi connectivity index (χ1v) is 12.7. The number of hydrogen-bond donors (Lipinski definition) is 1. The van der Waals surface area contributed by atoms with Gasteiger partial charge in [-0.2, -0.15) is 13.1 Å². The van der Waals surface area contributed by atoms with Crippen molar-refractivity contribution < 1.29 is 22.0 Å². The van der Waals surface area contributed by atoms with E-state index in [1.54, 1.807) is 6.92 Å². The van der Waals surface area contributed by atoms with Gasteiger partial charge in [0.05, 0.1) is 15.5 Å². The smallest absolute Gasteiger partial charge is 0.298 e. The normalized spacial score (nSPS) is 17.4. The summed E-state index contributed by atoms with van der Waals surface area (Å²) in [6, 6.07) is 5.67. The number of nitrogens with zero attached hydrogens (tertiary/aromatic N) is 4. The highest BCUT2D eigenvalue weighted by atomic mass is 32.2. The molecule has 3 aromatic rings. The molecule has 1 aromatic carbocycles. The molecule has 1 amide bonds. The van der Waals surface area contributed by atoms with Gasteiger partial charge >= 0.3 is 6.55 Å². The highest BCUT2D eigenvalue weighted by molar-refractivity contribution is 7.89. The van der Waals surface area contributed by atoms with Crippen LogP contribution in [0.25, 0.3) is 10.7 Å². The largest absolute Gasteiger partial charge is 0.320 e. The van der Waals surface area contributed by atoms with E-state index in [4.69, 9.17) is 0 Å². The third-order valence-corrected chi connectivity index (χ3v) is 8.66. The van der Waals surface area contributed by atoms with Crippen LogP contribution in [0.2, 0.25) is 0 Å². The Morgan fingerprint density at radius 2 is 1.97 bits per heavy atom. The van der Waals surface area contributed by atoms with Gasteiger partial charge in [-0.3, -0.25) is 14.7 Å². The lowest BCUT2D eigenvalue weighted by molar-refractivity contribution is 0.0720. The zero-order valence-corrected chi connectivity index (χ0v) is 19.7. The molecule has 0 aliphatic carbocycles. The van der Waals surface area contributed by atoms with Crippen LogP contribution in [0, 0.1) is 6.92 Å². The number of anilines is 1. The van der Waals surface area contributed by atoms with E-state index in [9.17, 15) is 22.0 Å². The Labute approximate surface area is 194 Å². The van der Waals surface area contributed by atoms with Gasteiger partial charge in [-0.25, -0.2) is 18.4 Å². The van der Waals surface area contributed by atoms with Crippen molar-refractivity contribution in [3.8, 4) is 10.7 Å². The van der Waals surface area contributed by atoms with Crippen molar-refractivity contribution in [1.82, 2.24) is 18.8 Å². The fraction of sp³-hybridized carbons (Fsp3) is 0.381. The van der Waals surface area contributed by atoms with Gasteiger partial charge in [-0.05, 0) is 51.0 Å². The number of alkyl halides is 2. The molecule has 0 radical (unpaired) electrons. The quantitative estimate of drug-likeness (QED) is 0.542. The molecule has 0 saturated carbocycles. The number of amides is 1. The molecule has 1 atom stereocenters. The summed E-state index contributed by atoms with van der Waals surface area (Å²) >= 11 is 1.04. The number of carbonyl (C=O) groups excluding carboxylic acids is 1. The summed E-state index contributed by atoms with van der Waals surface area (Å²) in [5.41, 5.74) is 0.713. The summed E-state index contributed by atoms with van der Waals surface area (Å²) in [5, 5.41) is 2.87. The Kier molecular flexibility index (Phi) is 6.59. The molecule has 4 rings (SSSR count). The zero-order valence-electron chi connectivity index (χ0n) is 18.0. The SMILES string of the molecule is Cc1nc(NC(=O)c2ccc(S(=O)(=O)N3CCCCC3C)cc2)sc1-c1nccn1C(F)F. The monoisotopic (exact) mass is 495 g/mol. The molecule has 1 saturated heterocycles. The van der Waals surface area contributed by atoms with Crippen molar-refractivity contribution in [2.24, 2.45) is 0 Å². The second-order valence-corrected chi connectivity index (χ2v) is 10.7. The number of thiazole rings is 1. The second-order valence-electron chi connectivity index (χ2n) is 7.81. The molecule has 12 heteroatoms. The number of benzene rings is 1. The highest BCUT2D eigenvalue weighted by Crippen LogP contribution is 2.33. The van der Waals surface area contributed by atoms with Crippen LogP contribution in [0.3, 0.4) is 0 Å². The maximum atomic E-state index is 13.2. The maximum Gasteiger partial charge on any atom is 0.320 e. The molecule has 0 spiro atoms. The minimum atomic E-state index is -3.63. The van der Waals surface area contributed by atoms with E-state index in [0.717, 1.165) is 35.2 Å². The molecule has 2 aromatic heterocycles. The lowest BCUT2D eigenvalue weighted by Gasteiger charge is -2.32. The van der Waals surface area contributed by atoms with E-state index >= 15 is 0 Å². The number of rotatable bonds is 6. The Balaban J connectivity index is 1.50. The first-order chi connectivity index (χ1) is 15.7. The van der Waals surface area contributed by atoms with Gasteiger partial charge < -0.3 is 0 Å². The minimum Gasteiger partial charge on any atom is -0.298 e. The van der Waals surface area contributed by atoms with E-state index < -0.39 is 22.5 Å². The Bertz CT molecular complexity index is 1260. The highest BCUT2D eigenvalue weighted by Gasteiger charge is 2.31. The van der Waals surface area contributed by atoms with E-state index in [1.807, 2.05) is 6.92 Å².